The Morgan fingerprint density at radius 1 is 1.17 bits per heavy atom. The van der Waals surface area contributed by atoms with E-state index < -0.39 is 0 Å². The molecule has 0 bridgehead atoms. The molecule has 0 fully saturated rings. The van der Waals surface area contributed by atoms with E-state index in [0.717, 1.165) is 11.1 Å². The summed E-state index contributed by atoms with van der Waals surface area (Å²) in [5.74, 6) is 0.662. The first-order chi connectivity index (χ1) is 8.79. The van der Waals surface area contributed by atoms with E-state index in [0.29, 0.717) is 17.4 Å². The highest BCUT2D eigenvalue weighted by atomic mass is 35.5. The predicted molar refractivity (Wildman–Crippen MR) is 71.6 cm³/mol. The number of ether oxygens (including phenoxy) is 1. The molecule has 18 heavy (non-hydrogen) atoms. The van der Waals surface area contributed by atoms with Gasteiger partial charge in [-0.25, -0.2) is 0 Å². The molecule has 0 atom stereocenters. The van der Waals surface area contributed by atoms with Gasteiger partial charge in [0.1, 0.15) is 12.4 Å². The highest BCUT2D eigenvalue weighted by Crippen LogP contribution is 2.18. The van der Waals surface area contributed by atoms with E-state index in [9.17, 15) is 0 Å². The van der Waals surface area contributed by atoms with Gasteiger partial charge < -0.3 is 9.94 Å². The topological polar surface area (TPSA) is 41.8 Å². The van der Waals surface area contributed by atoms with Crippen LogP contribution in [0.5, 0.6) is 5.75 Å². The lowest BCUT2D eigenvalue weighted by Crippen LogP contribution is -1.98. The summed E-state index contributed by atoms with van der Waals surface area (Å²) < 4.78 is 5.67. The van der Waals surface area contributed by atoms with E-state index in [4.69, 9.17) is 21.5 Å². The van der Waals surface area contributed by atoms with Crippen LogP contribution in [0.2, 0.25) is 5.02 Å². The SMILES string of the molecule is O/N=C\c1ccccc1OCc1cccc(Cl)c1. The lowest BCUT2D eigenvalue weighted by Gasteiger charge is -2.08. The summed E-state index contributed by atoms with van der Waals surface area (Å²) in [6.07, 6.45) is 1.34. The molecule has 0 heterocycles. The number of benzene rings is 2. The van der Waals surface area contributed by atoms with E-state index in [1.54, 1.807) is 0 Å². The molecule has 0 aromatic heterocycles. The Labute approximate surface area is 110 Å². The molecular weight excluding hydrogens is 250 g/mol. The van der Waals surface area contributed by atoms with Gasteiger partial charge in [-0.05, 0) is 29.8 Å². The predicted octanol–water partition coefficient (Wildman–Crippen LogP) is 3.73. The molecule has 3 nitrogen and oxygen atoms in total. The number of hydrogen-bond donors (Lipinski definition) is 1. The van der Waals surface area contributed by atoms with Gasteiger partial charge in [0.15, 0.2) is 0 Å². The summed E-state index contributed by atoms with van der Waals surface area (Å²) in [4.78, 5) is 0. The third-order valence-electron chi connectivity index (χ3n) is 2.40. The number of oxime groups is 1. The molecule has 0 spiro atoms. The van der Waals surface area contributed by atoms with E-state index in [1.807, 2.05) is 48.5 Å². The second-order valence-electron chi connectivity index (χ2n) is 3.70. The molecule has 0 saturated heterocycles. The Kier molecular flexibility index (Phi) is 4.20. The van der Waals surface area contributed by atoms with Crippen LogP contribution in [0, 0.1) is 0 Å². The summed E-state index contributed by atoms with van der Waals surface area (Å²) in [7, 11) is 0. The van der Waals surface area contributed by atoms with Crippen molar-refractivity contribution in [1.82, 2.24) is 0 Å². The van der Waals surface area contributed by atoms with E-state index in [-0.39, 0.29) is 0 Å². The van der Waals surface area contributed by atoms with Gasteiger partial charge >= 0.3 is 0 Å². The lowest BCUT2D eigenvalue weighted by atomic mass is 10.2. The van der Waals surface area contributed by atoms with E-state index >= 15 is 0 Å². The van der Waals surface area contributed by atoms with Gasteiger partial charge in [0.25, 0.3) is 0 Å². The summed E-state index contributed by atoms with van der Waals surface area (Å²) in [5.41, 5.74) is 1.71. The molecule has 0 saturated carbocycles. The molecule has 92 valence electrons. The van der Waals surface area contributed by atoms with Gasteiger partial charge in [0.05, 0.1) is 6.21 Å². The first-order valence-electron chi connectivity index (χ1n) is 5.43. The summed E-state index contributed by atoms with van der Waals surface area (Å²) >= 11 is 5.90. The summed E-state index contributed by atoms with van der Waals surface area (Å²) in [5, 5.41) is 12.3. The summed E-state index contributed by atoms with van der Waals surface area (Å²) in [6.45, 7) is 0.414. The van der Waals surface area contributed by atoms with Crippen molar-refractivity contribution in [3.63, 3.8) is 0 Å². The smallest absolute Gasteiger partial charge is 0.128 e. The van der Waals surface area contributed by atoms with Crippen LogP contribution in [0.3, 0.4) is 0 Å². The monoisotopic (exact) mass is 261 g/mol. The third-order valence-corrected chi connectivity index (χ3v) is 2.63. The van der Waals surface area contributed by atoms with Gasteiger partial charge in [-0.2, -0.15) is 0 Å². The summed E-state index contributed by atoms with van der Waals surface area (Å²) in [6, 6.07) is 14.8. The minimum absolute atomic E-state index is 0.414. The van der Waals surface area contributed by atoms with Crippen LogP contribution in [0.15, 0.2) is 53.7 Å². The Morgan fingerprint density at radius 3 is 2.78 bits per heavy atom. The van der Waals surface area contributed by atoms with Crippen LogP contribution >= 0.6 is 11.6 Å². The molecule has 2 rings (SSSR count). The Balaban J connectivity index is 2.10. The zero-order chi connectivity index (χ0) is 12.8. The van der Waals surface area contributed by atoms with Crippen molar-refractivity contribution in [2.24, 2.45) is 5.16 Å². The molecule has 0 aliphatic heterocycles. The van der Waals surface area contributed by atoms with Gasteiger partial charge in [-0.15, -0.1) is 0 Å². The molecule has 0 aliphatic rings. The molecular formula is C14H12ClNO2. The molecule has 0 amide bonds. The largest absolute Gasteiger partial charge is 0.488 e. The van der Waals surface area contributed by atoms with Crippen LogP contribution < -0.4 is 4.74 Å². The minimum Gasteiger partial charge on any atom is -0.488 e. The standard InChI is InChI=1S/C14H12ClNO2/c15-13-6-3-4-11(8-13)10-18-14-7-2-1-5-12(14)9-16-17/h1-9,17H,10H2/b16-9-. The Hall–Kier alpha value is -2.00. The second kappa shape index (κ2) is 6.07. The second-order valence-corrected chi connectivity index (χ2v) is 4.14. The molecule has 2 aromatic carbocycles. The number of halogens is 1. The number of rotatable bonds is 4. The van der Waals surface area contributed by atoms with Crippen molar-refractivity contribution < 1.29 is 9.94 Å². The van der Waals surface area contributed by atoms with E-state index in [1.165, 1.54) is 6.21 Å². The van der Waals surface area contributed by atoms with Crippen LogP contribution in [-0.4, -0.2) is 11.4 Å². The normalized spacial score (nSPS) is 10.7. The molecule has 0 radical (unpaired) electrons. The fourth-order valence-electron chi connectivity index (χ4n) is 1.57. The average molecular weight is 262 g/mol. The van der Waals surface area contributed by atoms with E-state index in [2.05, 4.69) is 5.16 Å². The van der Waals surface area contributed by atoms with Crippen molar-refractivity contribution in [3.05, 3.63) is 64.7 Å². The first kappa shape index (κ1) is 12.5. The first-order valence-corrected chi connectivity index (χ1v) is 5.81. The van der Waals surface area contributed by atoms with Crippen LogP contribution in [-0.2, 0) is 6.61 Å². The van der Waals surface area contributed by atoms with Crippen molar-refractivity contribution in [1.29, 1.82) is 0 Å². The lowest BCUT2D eigenvalue weighted by molar-refractivity contribution is 0.304. The van der Waals surface area contributed by atoms with Crippen LogP contribution in [0.1, 0.15) is 11.1 Å². The minimum atomic E-state index is 0.414. The fraction of sp³-hybridized carbons (Fsp3) is 0.0714. The molecule has 0 aliphatic carbocycles. The number of para-hydroxylation sites is 1. The molecule has 1 N–H and O–H groups in total. The van der Waals surface area contributed by atoms with Gasteiger partial charge in [0, 0.05) is 10.6 Å². The fourth-order valence-corrected chi connectivity index (χ4v) is 1.78. The number of hydrogen-bond acceptors (Lipinski definition) is 3. The average Bonchev–Trinajstić information content (AvgIpc) is 2.38. The van der Waals surface area contributed by atoms with Crippen LogP contribution in [0.25, 0.3) is 0 Å². The van der Waals surface area contributed by atoms with Crippen LogP contribution in [0.4, 0.5) is 0 Å². The van der Waals surface area contributed by atoms with Crippen molar-refractivity contribution >= 4 is 17.8 Å². The maximum Gasteiger partial charge on any atom is 0.128 e. The highest BCUT2D eigenvalue weighted by molar-refractivity contribution is 6.30. The van der Waals surface area contributed by atoms with Crippen molar-refractivity contribution in [3.8, 4) is 5.75 Å². The van der Waals surface area contributed by atoms with Crippen molar-refractivity contribution in [2.75, 3.05) is 0 Å². The van der Waals surface area contributed by atoms with Gasteiger partial charge in [-0.3, -0.25) is 0 Å². The van der Waals surface area contributed by atoms with Crippen molar-refractivity contribution in [2.45, 2.75) is 6.61 Å². The highest BCUT2D eigenvalue weighted by Gasteiger charge is 2.01. The Bertz CT molecular complexity index is 555. The zero-order valence-electron chi connectivity index (χ0n) is 9.58. The molecule has 0 unspecified atom stereocenters. The molecule has 4 heteroatoms. The maximum absolute atomic E-state index is 8.56. The number of nitrogens with zero attached hydrogens (tertiary/aromatic N) is 1. The maximum atomic E-state index is 8.56. The van der Waals surface area contributed by atoms with Gasteiger partial charge in [-0.1, -0.05) is 41.0 Å². The quantitative estimate of drug-likeness (QED) is 0.518. The zero-order valence-corrected chi connectivity index (χ0v) is 10.3. The van der Waals surface area contributed by atoms with Gasteiger partial charge in [0.2, 0.25) is 0 Å². The molecule has 2 aromatic rings. The third kappa shape index (κ3) is 3.25. The Morgan fingerprint density at radius 2 is 2.00 bits per heavy atom.